The maximum Gasteiger partial charge on any atom is 0.289 e. The molecule has 0 aliphatic carbocycles. The van der Waals surface area contributed by atoms with Gasteiger partial charge in [0.05, 0.1) is 26.1 Å². The molecule has 0 saturated carbocycles. The van der Waals surface area contributed by atoms with Gasteiger partial charge in [-0.1, -0.05) is 36.4 Å². The Morgan fingerprint density at radius 1 is 1.07 bits per heavy atom. The highest BCUT2D eigenvalue weighted by Crippen LogP contribution is 2.31. The van der Waals surface area contributed by atoms with Gasteiger partial charge in [-0.3, -0.25) is 9.89 Å². The number of amides is 1. The fraction of sp³-hybridized carbons (Fsp3) is 0.136. The molecule has 0 spiro atoms. The Hall–Kier alpha value is -3.87. The van der Waals surface area contributed by atoms with E-state index in [0.717, 1.165) is 16.7 Å². The summed E-state index contributed by atoms with van der Waals surface area (Å²) in [6.45, 7) is 1.91. The average molecular weight is 390 g/mol. The van der Waals surface area contributed by atoms with E-state index >= 15 is 0 Å². The topological polar surface area (TPSA) is 88.6 Å². The van der Waals surface area contributed by atoms with Crippen molar-refractivity contribution in [3.8, 4) is 22.8 Å². The number of nitrogens with one attached hydrogen (secondary N) is 2. The van der Waals surface area contributed by atoms with Crippen molar-refractivity contribution < 1.29 is 14.3 Å². The summed E-state index contributed by atoms with van der Waals surface area (Å²) in [6, 6.07) is 17.0. The molecule has 2 N–H and O–H groups in total. The minimum Gasteiger partial charge on any atom is -0.493 e. The van der Waals surface area contributed by atoms with E-state index < -0.39 is 0 Å². The number of nitrogens with zero attached hydrogens (tertiary/aromatic N) is 2. The molecule has 0 aliphatic rings. The molecule has 0 aliphatic heterocycles. The molecule has 0 fully saturated rings. The molecule has 3 rings (SSSR count). The predicted molar refractivity (Wildman–Crippen MR) is 113 cm³/mol. The van der Waals surface area contributed by atoms with Gasteiger partial charge in [-0.2, -0.15) is 10.2 Å². The molecular formula is C22H22N4O3. The number of hydrazone groups is 1. The molecule has 7 heteroatoms. The summed E-state index contributed by atoms with van der Waals surface area (Å²) in [6.07, 6.45) is 3.57. The summed E-state index contributed by atoms with van der Waals surface area (Å²) in [5.41, 5.74) is 6.18. The van der Waals surface area contributed by atoms with Gasteiger partial charge in [0.15, 0.2) is 11.5 Å². The highest BCUT2D eigenvalue weighted by Gasteiger charge is 2.12. The average Bonchev–Trinajstić information content (AvgIpc) is 3.24. The van der Waals surface area contributed by atoms with Crippen molar-refractivity contribution >= 4 is 18.2 Å². The zero-order chi connectivity index (χ0) is 20.6. The van der Waals surface area contributed by atoms with Crippen LogP contribution in [0.15, 0.2) is 65.3 Å². The largest absolute Gasteiger partial charge is 0.493 e. The van der Waals surface area contributed by atoms with Crippen LogP contribution < -0.4 is 14.9 Å². The lowest BCUT2D eigenvalue weighted by Crippen LogP contribution is -2.17. The zero-order valence-electron chi connectivity index (χ0n) is 16.5. The second kappa shape index (κ2) is 9.36. The molecular weight excluding hydrogens is 368 g/mol. The van der Waals surface area contributed by atoms with Crippen LogP contribution in [0.3, 0.4) is 0 Å². The molecule has 3 aromatic rings. The Morgan fingerprint density at radius 2 is 1.83 bits per heavy atom. The molecule has 0 unspecified atom stereocenters. The van der Waals surface area contributed by atoms with E-state index in [1.807, 2.05) is 49.4 Å². The van der Waals surface area contributed by atoms with Gasteiger partial charge in [0.2, 0.25) is 0 Å². The molecule has 0 radical (unpaired) electrons. The number of methoxy groups -OCH3 is 2. The summed E-state index contributed by atoms with van der Waals surface area (Å²) in [7, 11) is 3.14. The van der Waals surface area contributed by atoms with Crippen molar-refractivity contribution in [1.82, 2.24) is 15.6 Å². The smallest absolute Gasteiger partial charge is 0.289 e. The third-order valence-corrected chi connectivity index (χ3v) is 4.13. The lowest BCUT2D eigenvalue weighted by atomic mass is 10.1. The minimum atomic E-state index is -0.381. The number of aromatic amines is 1. The van der Waals surface area contributed by atoms with Gasteiger partial charge in [0.25, 0.3) is 5.91 Å². The number of rotatable bonds is 7. The van der Waals surface area contributed by atoms with Crippen LogP contribution in [-0.4, -0.2) is 36.5 Å². The van der Waals surface area contributed by atoms with Crippen molar-refractivity contribution in [1.29, 1.82) is 0 Å². The quantitative estimate of drug-likeness (QED) is 0.473. The molecule has 1 aromatic heterocycles. The molecule has 0 atom stereocenters. The Kier molecular flexibility index (Phi) is 6.42. The SMILES string of the molecule is COc1ccc(-c2cc(C(=O)N/N=C/C(C)=C/c3ccccc3)[nH]n2)cc1OC. The Morgan fingerprint density at radius 3 is 2.55 bits per heavy atom. The molecule has 0 saturated heterocycles. The van der Waals surface area contributed by atoms with Crippen molar-refractivity contribution in [2.75, 3.05) is 14.2 Å². The van der Waals surface area contributed by atoms with Crippen LogP contribution in [0.4, 0.5) is 0 Å². The van der Waals surface area contributed by atoms with Gasteiger partial charge in [-0.15, -0.1) is 0 Å². The highest BCUT2D eigenvalue weighted by atomic mass is 16.5. The van der Waals surface area contributed by atoms with E-state index in [0.29, 0.717) is 22.9 Å². The maximum atomic E-state index is 12.3. The molecule has 1 heterocycles. The number of benzene rings is 2. The fourth-order valence-electron chi connectivity index (χ4n) is 2.68. The van der Waals surface area contributed by atoms with Crippen LogP contribution in [0.25, 0.3) is 17.3 Å². The molecule has 1 amide bonds. The first kappa shape index (κ1) is 19.9. The van der Waals surface area contributed by atoms with E-state index in [4.69, 9.17) is 9.47 Å². The van der Waals surface area contributed by atoms with Gasteiger partial charge in [-0.05, 0) is 42.3 Å². The molecule has 7 nitrogen and oxygen atoms in total. The van der Waals surface area contributed by atoms with Crippen molar-refractivity contribution in [2.45, 2.75) is 6.92 Å². The van der Waals surface area contributed by atoms with Crippen molar-refractivity contribution in [2.24, 2.45) is 5.10 Å². The molecule has 148 valence electrons. The number of carbonyl (C=O) groups excluding carboxylic acids is 1. The summed E-state index contributed by atoms with van der Waals surface area (Å²) in [4.78, 5) is 12.3. The van der Waals surface area contributed by atoms with Crippen LogP contribution in [0.5, 0.6) is 11.5 Å². The summed E-state index contributed by atoms with van der Waals surface area (Å²) in [5, 5.41) is 10.9. The Bertz CT molecular complexity index is 1040. The number of hydrogen-bond acceptors (Lipinski definition) is 5. The van der Waals surface area contributed by atoms with Crippen molar-refractivity contribution in [3.63, 3.8) is 0 Å². The first-order chi connectivity index (χ1) is 14.1. The Labute approximate surface area is 169 Å². The van der Waals surface area contributed by atoms with E-state index in [-0.39, 0.29) is 5.91 Å². The second-order valence-corrected chi connectivity index (χ2v) is 6.23. The van der Waals surface area contributed by atoms with Crippen LogP contribution in [0.2, 0.25) is 0 Å². The lowest BCUT2D eigenvalue weighted by molar-refractivity contribution is 0.0950. The van der Waals surface area contributed by atoms with E-state index in [1.54, 1.807) is 38.6 Å². The van der Waals surface area contributed by atoms with Gasteiger partial charge in [0, 0.05) is 5.56 Å². The number of ether oxygens (including phenoxy) is 2. The fourth-order valence-corrected chi connectivity index (χ4v) is 2.68. The molecule has 2 aromatic carbocycles. The first-order valence-corrected chi connectivity index (χ1v) is 8.95. The second-order valence-electron chi connectivity index (χ2n) is 6.23. The van der Waals surface area contributed by atoms with Gasteiger partial charge in [-0.25, -0.2) is 5.43 Å². The van der Waals surface area contributed by atoms with Gasteiger partial charge < -0.3 is 9.47 Å². The van der Waals surface area contributed by atoms with Crippen LogP contribution >= 0.6 is 0 Å². The van der Waals surface area contributed by atoms with Gasteiger partial charge in [0.1, 0.15) is 5.69 Å². The normalized spacial score (nSPS) is 11.5. The predicted octanol–water partition coefficient (Wildman–Crippen LogP) is 3.91. The Balaban J connectivity index is 1.66. The van der Waals surface area contributed by atoms with E-state index in [9.17, 15) is 4.79 Å². The van der Waals surface area contributed by atoms with Crippen molar-refractivity contribution in [3.05, 3.63) is 71.4 Å². The number of hydrogen-bond donors (Lipinski definition) is 2. The number of carbonyl (C=O) groups is 1. The third kappa shape index (κ3) is 5.10. The maximum absolute atomic E-state index is 12.3. The highest BCUT2D eigenvalue weighted by molar-refractivity contribution is 5.94. The number of allylic oxidation sites excluding steroid dienone is 1. The van der Waals surface area contributed by atoms with Crippen LogP contribution in [-0.2, 0) is 0 Å². The lowest BCUT2D eigenvalue weighted by Gasteiger charge is -2.08. The van der Waals surface area contributed by atoms with Crippen LogP contribution in [0.1, 0.15) is 23.0 Å². The first-order valence-electron chi connectivity index (χ1n) is 8.95. The monoisotopic (exact) mass is 390 g/mol. The minimum absolute atomic E-state index is 0.302. The summed E-state index contributed by atoms with van der Waals surface area (Å²) < 4.78 is 10.5. The molecule has 0 bridgehead atoms. The summed E-state index contributed by atoms with van der Waals surface area (Å²) in [5.74, 6) is 0.829. The van der Waals surface area contributed by atoms with Gasteiger partial charge >= 0.3 is 0 Å². The molecule has 29 heavy (non-hydrogen) atoms. The van der Waals surface area contributed by atoms with Crippen LogP contribution in [0, 0.1) is 0 Å². The van der Waals surface area contributed by atoms with E-state index in [1.165, 1.54) is 0 Å². The summed E-state index contributed by atoms with van der Waals surface area (Å²) >= 11 is 0. The number of H-pyrrole nitrogens is 1. The standard InChI is InChI=1S/C22H22N4O3/c1-15(11-16-7-5-4-6-8-16)14-23-26-22(27)19-13-18(24-25-19)17-9-10-20(28-2)21(12-17)29-3/h4-14H,1-3H3,(H,24,25)(H,26,27)/b15-11+,23-14+. The zero-order valence-corrected chi connectivity index (χ0v) is 16.5. The third-order valence-electron chi connectivity index (χ3n) is 4.13. The van der Waals surface area contributed by atoms with E-state index in [2.05, 4.69) is 20.7 Å². The number of aromatic nitrogens is 2.